The van der Waals surface area contributed by atoms with Crippen LogP contribution in [0.5, 0.6) is 0 Å². The zero-order valence-corrected chi connectivity index (χ0v) is 12.5. The molecule has 0 amide bonds. The molecule has 0 N–H and O–H groups in total. The van der Waals surface area contributed by atoms with Crippen molar-refractivity contribution in [2.45, 2.75) is 0 Å². The molecule has 0 unspecified atom stereocenters. The highest BCUT2D eigenvalue weighted by molar-refractivity contribution is 7.34. The van der Waals surface area contributed by atoms with Gasteiger partial charge in [-0.05, 0) is 36.4 Å². The Kier molecular flexibility index (Phi) is 4.59. The molecular weight excluding hydrogens is 325 g/mol. The monoisotopic (exact) mass is 330 g/mol. The first-order chi connectivity index (χ1) is 9.04. The van der Waals surface area contributed by atoms with Gasteiger partial charge >= 0.3 is 0 Å². The molecule has 0 aliphatic heterocycles. The van der Waals surface area contributed by atoms with E-state index < -0.39 is 0 Å². The van der Waals surface area contributed by atoms with Crippen molar-refractivity contribution in [3.05, 3.63) is 62.6 Å². The molecule has 0 atom stereocenters. The summed E-state index contributed by atoms with van der Waals surface area (Å²) in [6.45, 7) is 0. The van der Waals surface area contributed by atoms with Crippen LogP contribution in [0.15, 0.2) is 36.4 Å². The van der Waals surface area contributed by atoms with E-state index in [4.69, 9.17) is 34.8 Å². The second-order valence-electron chi connectivity index (χ2n) is 3.69. The highest BCUT2D eigenvalue weighted by atomic mass is 35.5. The lowest BCUT2D eigenvalue weighted by Gasteiger charge is -2.06. The third kappa shape index (κ3) is 2.98. The molecule has 0 fully saturated rings. The van der Waals surface area contributed by atoms with Crippen LogP contribution in [0.25, 0.3) is 0 Å². The Morgan fingerprint density at radius 2 is 1.53 bits per heavy atom. The minimum Gasteiger partial charge on any atom is -0.289 e. The van der Waals surface area contributed by atoms with Crippen LogP contribution in [0.4, 0.5) is 0 Å². The second kappa shape index (κ2) is 6.02. The lowest BCUT2D eigenvalue weighted by Crippen LogP contribution is -2.04. The van der Waals surface area contributed by atoms with Gasteiger partial charge in [-0.3, -0.25) is 9.36 Å². The number of hydrogen-bond acceptors (Lipinski definition) is 2. The molecule has 0 aromatic heterocycles. The van der Waals surface area contributed by atoms with Crippen LogP contribution in [-0.4, -0.2) is 5.78 Å². The molecule has 0 saturated heterocycles. The van der Waals surface area contributed by atoms with E-state index in [-0.39, 0.29) is 29.9 Å². The van der Waals surface area contributed by atoms with Crippen molar-refractivity contribution in [2.75, 3.05) is 0 Å². The molecule has 0 aliphatic carbocycles. The molecule has 0 radical (unpaired) electrons. The molecular formula is C13H6Cl3O2P. The van der Waals surface area contributed by atoms with Crippen LogP contribution in [0, 0.1) is 0 Å². The molecule has 6 heteroatoms. The van der Waals surface area contributed by atoms with Crippen LogP contribution in [0.1, 0.15) is 15.9 Å². The van der Waals surface area contributed by atoms with Gasteiger partial charge in [-0.2, -0.15) is 0 Å². The fourth-order valence-corrected chi connectivity index (χ4v) is 2.42. The van der Waals surface area contributed by atoms with E-state index >= 15 is 0 Å². The second-order valence-corrected chi connectivity index (χ2v) is 5.55. The molecule has 0 bridgehead atoms. The third-order valence-electron chi connectivity index (χ3n) is 2.51. The lowest BCUT2D eigenvalue weighted by molar-refractivity contribution is 0.103. The van der Waals surface area contributed by atoms with Gasteiger partial charge in [0.05, 0.1) is 15.1 Å². The van der Waals surface area contributed by atoms with Crippen molar-refractivity contribution < 1.29 is 9.36 Å². The molecule has 2 nitrogen and oxygen atoms in total. The summed E-state index contributed by atoms with van der Waals surface area (Å²) < 4.78 is 10.7. The first-order valence-corrected chi connectivity index (χ1v) is 7.11. The van der Waals surface area contributed by atoms with Crippen molar-refractivity contribution in [1.29, 1.82) is 0 Å². The Bertz CT molecular complexity index is 654. The van der Waals surface area contributed by atoms with Crippen molar-refractivity contribution in [3.63, 3.8) is 0 Å². The van der Waals surface area contributed by atoms with Crippen LogP contribution in [-0.2, 0) is 4.57 Å². The normalized spacial score (nSPS) is 10.7. The first-order valence-electron chi connectivity index (χ1n) is 5.16. The van der Waals surface area contributed by atoms with Crippen LogP contribution < -0.4 is 5.30 Å². The summed E-state index contributed by atoms with van der Waals surface area (Å²) >= 11 is 17.7. The number of rotatable bonds is 3. The molecule has 0 saturated carbocycles. The topological polar surface area (TPSA) is 34.1 Å². The van der Waals surface area contributed by atoms with Gasteiger partial charge in [0.1, 0.15) is 0 Å². The maximum atomic E-state index is 12.3. The van der Waals surface area contributed by atoms with E-state index in [0.717, 1.165) is 0 Å². The minimum atomic E-state index is -0.266. The van der Waals surface area contributed by atoms with E-state index in [9.17, 15) is 9.36 Å². The summed E-state index contributed by atoms with van der Waals surface area (Å²) in [6.07, 6.45) is 0. The highest BCUT2D eigenvalue weighted by Crippen LogP contribution is 2.33. The Hall–Kier alpha value is -0.920. The molecule has 19 heavy (non-hydrogen) atoms. The molecule has 2 rings (SSSR count). The van der Waals surface area contributed by atoms with Crippen LogP contribution >= 0.6 is 43.3 Å². The Balaban J connectivity index is 2.44. The number of hydrogen-bond donors (Lipinski definition) is 0. The maximum Gasteiger partial charge on any atom is 0.194 e. The quantitative estimate of drug-likeness (QED) is 0.460. The molecule has 96 valence electrons. The van der Waals surface area contributed by atoms with Crippen LogP contribution in [0.3, 0.4) is 0 Å². The summed E-state index contributed by atoms with van der Waals surface area (Å²) in [6, 6.07) is 9.43. The average Bonchev–Trinajstić information content (AvgIpc) is 2.44. The van der Waals surface area contributed by atoms with Crippen LogP contribution in [0.2, 0.25) is 15.1 Å². The number of benzene rings is 2. The van der Waals surface area contributed by atoms with Gasteiger partial charge in [0, 0.05) is 16.4 Å². The van der Waals surface area contributed by atoms with Gasteiger partial charge in [-0.15, -0.1) is 0 Å². The molecule has 0 aliphatic rings. The van der Waals surface area contributed by atoms with Crippen molar-refractivity contribution in [2.24, 2.45) is 0 Å². The Labute approximate surface area is 126 Å². The van der Waals surface area contributed by atoms with E-state index in [1.807, 2.05) is 0 Å². The van der Waals surface area contributed by atoms with Crippen molar-refractivity contribution in [3.8, 4) is 0 Å². The average molecular weight is 332 g/mol. The van der Waals surface area contributed by atoms with Gasteiger partial charge < -0.3 is 0 Å². The summed E-state index contributed by atoms with van der Waals surface area (Å²) in [5.74, 6) is -0.266. The molecule has 2 aromatic rings. The fourth-order valence-electron chi connectivity index (χ4n) is 1.53. The third-order valence-corrected chi connectivity index (χ3v) is 4.32. The fraction of sp³-hybridized carbons (Fsp3) is 0. The van der Waals surface area contributed by atoms with E-state index in [1.165, 1.54) is 12.1 Å². The highest BCUT2D eigenvalue weighted by Gasteiger charge is 2.16. The zero-order valence-electron chi connectivity index (χ0n) is 9.36. The number of ketones is 1. The number of halogens is 3. The van der Waals surface area contributed by atoms with Gasteiger partial charge in [0.2, 0.25) is 0 Å². The van der Waals surface area contributed by atoms with E-state index in [0.29, 0.717) is 15.9 Å². The molecule has 0 spiro atoms. The summed E-state index contributed by atoms with van der Waals surface area (Å²) in [5, 5.41) is 1.18. The van der Waals surface area contributed by atoms with E-state index in [2.05, 4.69) is 0 Å². The number of carbonyl (C=O) groups excluding carboxylic acids is 1. The largest absolute Gasteiger partial charge is 0.289 e. The maximum absolute atomic E-state index is 12.3. The SMILES string of the molecule is O=Pc1ccc(C(=O)c2ccc(Cl)c(Cl)c2Cl)cc1. The smallest absolute Gasteiger partial charge is 0.194 e. The van der Waals surface area contributed by atoms with Gasteiger partial charge in [-0.1, -0.05) is 34.8 Å². The minimum absolute atomic E-state index is 0.0894. The summed E-state index contributed by atoms with van der Waals surface area (Å²) in [7, 11) is -0.0894. The van der Waals surface area contributed by atoms with Crippen molar-refractivity contribution in [1.82, 2.24) is 0 Å². The summed E-state index contributed by atoms with van der Waals surface area (Å²) in [5.41, 5.74) is 0.719. The Morgan fingerprint density at radius 1 is 0.895 bits per heavy atom. The van der Waals surface area contributed by atoms with E-state index in [1.54, 1.807) is 24.3 Å². The number of carbonyl (C=O) groups is 1. The molecule has 0 heterocycles. The zero-order chi connectivity index (χ0) is 14.0. The van der Waals surface area contributed by atoms with Gasteiger partial charge in [-0.25, -0.2) is 0 Å². The Morgan fingerprint density at radius 3 is 2.11 bits per heavy atom. The lowest BCUT2D eigenvalue weighted by atomic mass is 10.0. The predicted octanol–water partition coefficient (Wildman–Crippen LogP) is 4.79. The van der Waals surface area contributed by atoms with Gasteiger partial charge in [0.25, 0.3) is 0 Å². The first kappa shape index (κ1) is 14.5. The summed E-state index contributed by atoms with van der Waals surface area (Å²) in [4.78, 5) is 12.3. The predicted molar refractivity (Wildman–Crippen MR) is 78.6 cm³/mol. The van der Waals surface area contributed by atoms with Crippen molar-refractivity contribution >= 4 is 54.4 Å². The standard InChI is InChI=1S/C13H6Cl3O2P/c14-10-6-5-9(11(15)12(10)16)13(17)7-1-3-8(19-18)4-2-7/h1-6H. The van der Waals surface area contributed by atoms with Gasteiger partial charge in [0.15, 0.2) is 14.2 Å². The molecule has 2 aromatic carbocycles.